The molecule has 0 bridgehead atoms. The van der Waals surface area contributed by atoms with Crippen LogP contribution in [0.1, 0.15) is 66.2 Å². The van der Waals surface area contributed by atoms with Gasteiger partial charge < -0.3 is 5.32 Å². The van der Waals surface area contributed by atoms with Crippen molar-refractivity contribution >= 4 is 0 Å². The van der Waals surface area contributed by atoms with Gasteiger partial charge in [0.1, 0.15) is 0 Å². The van der Waals surface area contributed by atoms with Gasteiger partial charge in [0.15, 0.2) is 0 Å². The van der Waals surface area contributed by atoms with Gasteiger partial charge in [0, 0.05) is 12.6 Å². The van der Waals surface area contributed by atoms with Crippen LogP contribution < -0.4 is 5.32 Å². The van der Waals surface area contributed by atoms with Gasteiger partial charge in [-0.25, -0.2) is 0 Å². The van der Waals surface area contributed by atoms with Crippen LogP contribution in [0.15, 0.2) is 0 Å². The van der Waals surface area contributed by atoms with E-state index in [-0.39, 0.29) is 0 Å². The van der Waals surface area contributed by atoms with Crippen molar-refractivity contribution in [2.24, 2.45) is 11.8 Å². The average molecular weight is 268 g/mol. The molecule has 0 aromatic heterocycles. The molecule has 0 radical (unpaired) electrons. The number of nitrogens with zero attached hydrogens (tertiary/aromatic N) is 1. The minimum atomic E-state index is 0.729. The Bertz CT molecular complexity index is 215. The minimum Gasteiger partial charge on any atom is -0.315 e. The maximum absolute atomic E-state index is 3.63. The summed E-state index contributed by atoms with van der Waals surface area (Å²) < 4.78 is 0. The van der Waals surface area contributed by atoms with E-state index >= 15 is 0 Å². The molecule has 1 rings (SSSR count). The highest BCUT2D eigenvalue weighted by Crippen LogP contribution is 2.24. The first-order chi connectivity index (χ1) is 9.19. The Kier molecular flexibility index (Phi) is 8.72. The highest BCUT2D eigenvalue weighted by molar-refractivity contribution is 4.80. The summed E-state index contributed by atoms with van der Waals surface area (Å²) in [6, 6.07) is 0.729. The Morgan fingerprint density at radius 1 is 1.11 bits per heavy atom. The third-order valence-electron chi connectivity index (χ3n) is 4.60. The van der Waals surface area contributed by atoms with Gasteiger partial charge in [0.05, 0.1) is 0 Å². The summed E-state index contributed by atoms with van der Waals surface area (Å²) in [6.07, 6.45) is 8.32. The van der Waals surface area contributed by atoms with Gasteiger partial charge in [-0.2, -0.15) is 0 Å². The Balaban J connectivity index is 2.44. The number of hydrogen-bond donors (Lipinski definition) is 1. The summed E-state index contributed by atoms with van der Waals surface area (Å²) in [6.45, 7) is 14.3. The molecule has 0 aromatic rings. The van der Waals surface area contributed by atoms with E-state index in [1.165, 1.54) is 58.2 Å². The van der Waals surface area contributed by atoms with E-state index < -0.39 is 0 Å². The molecule has 1 aliphatic rings. The van der Waals surface area contributed by atoms with Crippen molar-refractivity contribution in [2.45, 2.75) is 72.3 Å². The minimum absolute atomic E-state index is 0.729. The topological polar surface area (TPSA) is 15.3 Å². The summed E-state index contributed by atoms with van der Waals surface area (Å²) in [5.74, 6) is 1.75. The van der Waals surface area contributed by atoms with Crippen LogP contribution in [0.3, 0.4) is 0 Å². The predicted octanol–water partition coefficient (Wildman–Crippen LogP) is 3.91. The van der Waals surface area contributed by atoms with E-state index in [1.54, 1.807) is 0 Å². The van der Waals surface area contributed by atoms with Crippen LogP contribution in [-0.2, 0) is 0 Å². The lowest BCUT2D eigenvalue weighted by Gasteiger charge is -2.34. The summed E-state index contributed by atoms with van der Waals surface area (Å²) >= 11 is 0. The van der Waals surface area contributed by atoms with E-state index in [9.17, 15) is 0 Å². The van der Waals surface area contributed by atoms with Gasteiger partial charge in [0.2, 0.25) is 0 Å². The van der Waals surface area contributed by atoms with Crippen molar-refractivity contribution < 1.29 is 0 Å². The first-order valence-corrected chi connectivity index (χ1v) is 8.63. The van der Waals surface area contributed by atoms with Crippen LogP contribution >= 0.6 is 0 Å². The number of likely N-dealkylation sites (tertiary alicyclic amines) is 1. The summed E-state index contributed by atoms with van der Waals surface area (Å²) in [5.41, 5.74) is 0. The van der Waals surface area contributed by atoms with Crippen molar-refractivity contribution in [1.82, 2.24) is 10.2 Å². The lowest BCUT2D eigenvalue weighted by atomic mass is 9.96. The molecule has 1 heterocycles. The third kappa shape index (κ3) is 6.27. The highest BCUT2D eigenvalue weighted by atomic mass is 15.2. The van der Waals surface area contributed by atoms with Crippen molar-refractivity contribution in [3.05, 3.63) is 0 Å². The predicted molar refractivity (Wildman–Crippen MR) is 85.6 cm³/mol. The summed E-state index contributed by atoms with van der Waals surface area (Å²) in [5, 5.41) is 3.63. The van der Waals surface area contributed by atoms with Crippen LogP contribution in [0.4, 0.5) is 0 Å². The summed E-state index contributed by atoms with van der Waals surface area (Å²) in [4.78, 5) is 2.77. The van der Waals surface area contributed by atoms with Gasteiger partial charge in [-0.05, 0) is 57.2 Å². The standard InChI is InChI=1S/C17H36N2/c1-5-8-16-9-7-12-19(13-10-16)17(15(3)4)14-18-11-6-2/h15-18H,5-14H2,1-4H3. The van der Waals surface area contributed by atoms with Gasteiger partial charge in [-0.3, -0.25) is 4.90 Å². The monoisotopic (exact) mass is 268 g/mol. The molecule has 0 aliphatic carbocycles. The Morgan fingerprint density at radius 2 is 1.89 bits per heavy atom. The third-order valence-corrected chi connectivity index (χ3v) is 4.60. The molecule has 2 heteroatoms. The first kappa shape index (κ1) is 17.0. The van der Waals surface area contributed by atoms with E-state index in [4.69, 9.17) is 0 Å². The molecular weight excluding hydrogens is 232 g/mol. The molecule has 19 heavy (non-hydrogen) atoms. The quantitative estimate of drug-likeness (QED) is 0.671. The van der Waals surface area contributed by atoms with Crippen molar-refractivity contribution in [1.29, 1.82) is 0 Å². The smallest absolute Gasteiger partial charge is 0.0243 e. The number of nitrogens with one attached hydrogen (secondary N) is 1. The van der Waals surface area contributed by atoms with Gasteiger partial charge in [-0.1, -0.05) is 40.5 Å². The van der Waals surface area contributed by atoms with Crippen molar-refractivity contribution in [3.8, 4) is 0 Å². The molecule has 1 fully saturated rings. The maximum Gasteiger partial charge on any atom is 0.0243 e. The second-order valence-electron chi connectivity index (χ2n) is 6.64. The zero-order chi connectivity index (χ0) is 14.1. The molecule has 2 nitrogen and oxygen atoms in total. The second-order valence-corrected chi connectivity index (χ2v) is 6.64. The normalized spacial score (nSPS) is 23.5. The number of hydrogen-bond acceptors (Lipinski definition) is 2. The van der Waals surface area contributed by atoms with Gasteiger partial charge in [0.25, 0.3) is 0 Å². The SMILES string of the molecule is CCCNCC(C(C)C)N1CCCC(CCC)CC1. The zero-order valence-corrected chi connectivity index (χ0v) is 13.8. The molecule has 1 saturated heterocycles. The fraction of sp³-hybridized carbons (Fsp3) is 1.00. The van der Waals surface area contributed by atoms with Crippen molar-refractivity contribution in [2.75, 3.05) is 26.2 Å². The molecule has 0 amide bonds. The molecule has 2 unspecified atom stereocenters. The lowest BCUT2D eigenvalue weighted by Crippen LogP contribution is -2.46. The molecule has 0 aromatic carbocycles. The molecular formula is C17H36N2. The van der Waals surface area contributed by atoms with Crippen LogP contribution in [0.2, 0.25) is 0 Å². The van der Waals surface area contributed by atoms with E-state index in [1.807, 2.05) is 0 Å². The molecule has 1 aliphatic heterocycles. The van der Waals surface area contributed by atoms with Crippen LogP contribution in [0, 0.1) is 11.8 Å². The fourth-order valence-corrected chi connectivity index (χ4v) is 3.43. The van der Waals surface area contributed by atoms with Crippen LogP contribution in [0.25, 0.3) is 0 Å². The highest BCUT2D eigenvalue weighted by Gasteiger charge is 2.24. The Hall–Kier alpha value is -0.0800. The average Bonchev–Trinajstić information content (AvgIpc) is 2.60. The lowest BCUT2D eigenvalue weighted by molar-refractivity contribution is 0.155. The maximum atomic E-state index is 3.63. The van der Waals surface area contributed by atoms with Gasteiger partial charge in [-0.15, -0.1) is 0 Å². The number of rotatable bonds is 8. The molecule has 1 N–H and O–H groups in total. The fourth-order valence-electron chi connectivity index (χ4n) is 3.43. The molecule has 114 valence electrons. The molecule has 2 atom stereocenters. The summed E-state index contributed by atoms with van der Waals surface area (Å²) in [7, 11) is 0. The van der Waals surface area contributed by atoms with Gasteiger partial charge >= 0.3 is 0 Å². The van der Waals surface area contributed by atoms with E-state index in [0.717, 1.165) is 24.4 Å². The first-order valence-electron chi connectivity index (χ1n) is 8.63. The van der Waals surface area contributed by atoms with Crippen molar-refractivity contribution in [3.63, 3.8) is 0 Å². The Morgan fingerprint density at radius 3 is 2.53 bits per heavy atom. The van der Waals surface area contributed by atoms with Crippen LogP contribution in [-0.4, -0.2) is 37.1 Å². The van der Waals surface area contributed by atoms with E-state index in [0.29, 0.717) is 0 Å². The largest absolute Gasteiger partial charge is 0.315 e. The molecule has 0 spiro atoms. The Labute approximate surface area is 121 Å². The second kappa shape index (κ2) is 9.77. The zero-order valence-electron chi connectivity index (χ0n) is 13.8. The molecule has 0 saturated carbocycles. The van der Waals surface area contributed by atoms with E-state index in [2.05, 4.69) is 37.9 Å². The van der Waals surface area contributed by atoms with Crippen LogP contribution in [0.5, 0.6) is 0 Å².